The third-order valence-corrected chi connectivity index (χ3v) is 2.54. The van der Waals surface area contributed by atoms with Crippen LogP contribution in [-0.2, 0) is 7.05 Å². The number of nitrogens with zero attached hydrogens (tertiary/aromatic N) is 7. The molecule has 0 saturated carbocycles. The van der Waals surface area contributed by atoms with Crippen LogP contribution in [0, 0.1) is 0 Å². The maximum absolute atomic E-state index is 5.39. The van der Waals surface area contributed by atoms with Gasteiger partial charge >= 0.3 is 12.0 Å². The number of hydrazine groups is 1. The molecular formula is C10H17N9O. The van der Waals surface area contributed by atoms with Gasteiger partial charge in [0.1, 0.15) is 6.33 Å². The summed E-state index contributed by atoms with van der Waals surface area (Å²) in [5.41, 5.74) is 2.39. The van der Waals surface area contributed by atoms with Crippen LogP contribution in [0.1, 0.15) is 13.8 Å². The largest absolute Gasteiger partial charge is 0.387 e. The lowest BCUT2D eigenvalue weighted by molar-refractivity contribution is 0.403. The Morgan fingerprint density at radius 1 is 1.25 bits per heavy atom. The van der Waals surface area contributed by atoms with Gasteiger partial charge in [-0.1, -0.05) is 0 Å². The number of nitrogens with one attached hydrogen (secondary N) is 1. The highest BCUT2D eigenvalue weighted by Gasteiger charge is 2.13. The zero-order valence-corrected chi connectivity index (χ0v) is 11.6. The average Bonchev–Trinajstić information content (AvgIpc) is 2.85. The molecule has 0 amide bonds. The van der Waals surface area contributed by atoms with Gasteiger partial charge in [-0.15, -0.1) is 5.10 Å². The Kier molecular flexibility index (Phi) is 4.25. The number of hydrogen-bond donors (Lipinski definition) is 2. The number of rotatable bonds is 6. The summed E-state index contributed by atoms with van der Waals surface area (Å²) in [5.74, 6) is 6.05. The summed E-state index contributed by atoms with van der Waals surface area (Å²) in [7, 11) is 1.74. The van der Waals surface area contributed by atoms with Crippen LogP contribution in [0.15, 0.2) is 6.33 Å². The van der Waals surface area contributed by atoms with E-state index in [-0.39, 0.29) is 18.0 Å². The van der Waals surface area contributed by atoms with E-state index in [1.807, 2.05) is 18.7 Å². The zero-order valence-electron chi connectivity index (χ0n) is 11.6. The van der Waals surface area contributed by atoms with Crippen LogP contribution in [0.4, 0.5) is 11.9 Å². The predicted molar refractivity (Wildman–Crippen MR) is 72.3 cm³/mol. The molecule has 2 aromatic heterocycles. The molecular weight excluding hydrogens is 262 g/mol. The third kappa shape index (κ3) is 3.09. The Hall–Kier alpha value is -2.49. The van der Waals surface area contributed by atoms with E-state index in [1.165, 1.54) is 11.0 Å². The molecule has 0 aliphatic heterocycles. The van der Waals surface area contributed by atoms with E-state index >= 15 is 0 Å². The van der Waals surface area contributed by atoms with Crippen molar-refractivity contribution in [3.05, 3.63) is 6.33 Å². The van der Waals surface area contributed by atoms with Crippen molar-refractivity contribution in [1.82, 2.24) is 29.7 Å². The molecule has 108 valence electrons. The molecule has 3 N–H and O–H groups in total. The number of aromatic nitrogens is 6. The molecule has 0 aliphatic rings. The molecule has 0 atom stereocenters. The topological polar surface area (TPSA) is 120 Å². The molecule has 0 unspecified atom stereocenters. The van der Waals surface area contributed by atoms with E-state index in [1.54, 1.807) is 7.05 Å². The van der Waals surface area contributed by atoms with E-state index in [2.05, 4.69) is 30.5 Å². The molecule has 10 heteroatoms. The Balaban J connectivity index is 2.29. The Bertz CT molecular complexity index is 566. The Labute approximate surface area is 116 Å². The maximum atomic E-state index is 5.39. The molecule has 0 aromatic carbocycles. The lowest BCUT2D eigenvalue weighted by Crippen LogP contribution is -2.25. The molecule has 0 radical (unpaired) electrons. The highest BCUT2D eigenvalue weighted by atomic mass is 16.5. The molecule has 0 saturated heterocycles. The Morgan fingerprint density at radius 2 is 2.00 bits per heavy atom. The van der Waals surface area contributed by atoms with E-state index < -0.39 is 0 Å². The van der Waals surface area contributed by atoms with E-state index in [4.69, 9.17) is 10.6 Å². The molecule has 10 nitrogen and oxygen atoms in total. The van der Waals surface area contributed by atoms with Crippen LogP contribution in [-0.4, -0.2) is 42.8 Å². The molecule has 0 spiro atoms. The zero-order chi connectivity index (χ0) is 14.5. The SMILES string of the molecule is CCN(CC)c1nc(NN)nc(Oc2ncn(C)n2)n1. The summed E-state index contributed by atoms with van der Waals surface area (Å²) in [4.78, 5) is 18.3. The van der Waals surface area contributed by atoms with Crippen LogP contribution in [0.25, 0.3) is 0 Å². The normalized spacial score (nSPS) is 10.4. The molecule has 20 heavy (non-hydrogen) atoms. The van der Waals surface area contributed by atoms with Crippen LogP contribution < -0.4 is 20.9 Å². The molecule has 0 fully saturated rings. The van der Waals surface area contributed by atoms with Gasteiger partial charge in [0, 0.05) is 20.1 Å². The van der Waals surface area contributed by atoms with Gasteiger partial charge in [0.05, 0.1) is 0 Å². The molecule has 2 aromatic rings. The lowest BCUT2D eigenvalue weighted by atomic mass is 10.5. The average molecular weight is 279 g/mol. The number of nitrogen functional groups attached to an aromatic ring is 1. The van der Waals surface area contributed by atoms with Crippen molar-refractivity contribution < 1.29 is 4.74 Å². The van der Waals surface area contributed by atoms with Gasteiger partial charge in [0.15, 0.2) is 0 Å². The second-order valence-corrected chi connectivity index (χ2v) is 3.86. The number of ether oxygens (including phenoxy) is 1. The molecule has 0 bridgehead atoms. The predicted octanol–water partition coefficient (Wildman–Crippen LogP) is -0.0758. The Morgan fingerprint density at radius 3 is 2.55 bits per heavy atom. The smallest absolute Gasteiger partial charge is 0.343 e. The van der Waals surface area contributed by atoms with Crippen molar-refractivity contribution in [2.24, 2.45) is 12.9 Å². The van der Waals surface area contributed by atoms with Gasteiger partial charge in [-0.05, 0) is 13.8 Å². The number of anilines is 2. The first-order valence-electron chi connectivity index (χ1n) is 6.17. The highest BCUT2D eigenvalue weighted by molar-refractivity contribution is 5.37. The molecule has 2 rings (SSSR count). The highest BCUT2D eigenvalue weighted by Crippen LogP contribution is 2.17. The fraction of sp³-hybridized carbons (Fsp3) is 0.500. The first-order valence-corrected chi connectivity index (χ1v) is 6.17. The van der Waals surface area contributed by atoms with Crippen molar-refractivity contribution in [3.8, 4) is 12.0 Å². The fourth-order valence-corrected chi connectivity index (χ4v) is 1.55. The van der Waals surface area contributed by atoms with Crippen molar-refractivity contribution in [2.45, 2.75) is 13.8 Å². The summed E-state index contributed by atoms with van der Waals surface area (Å²) in [5, 5.41) is 3.99. The number of hydrogen-bond acceptors (Lipinski definition) is 9. The van der Waals surface area contributed by atoms with Gasteiger partial charge in [0.25, 0.3) is 0 Å². The van der Waals surface area contributed by atoms with Crippen molar-refractivity contribution >= 4 is 11.9 Å². The lowest BCUT2D eigenvalue weighted by Gasteiger charge is -2.18. The van der Waals surface area contributed by atoms with Crippen LogP contribution in [0.2, 0.25) is 0 Å². The third-order valence-electron chi connectivity index (χ3n) is 2.54. The van der Waals surface area contributed by atoms with Gasteiger partial charge in [-0.3, -0.25) is 10.1 Å². The van der Waals surface area contributed by atoms with E-state index in [9.17, 15) is 0 Å². The summed E-state index contributed by atoms with van der Waals surface area (Å²) in [6, 6.07) is 0.244. The summed E-state index contributed by atoms with van der Waals surface area (Å²) < 4.78 is 6.91. The van der Waals surface area contributed by atoms with Crippen molar-refractivity contribution in [1.29, 1.82) is 0 Å². The second-order valence-electron chi connectivity index (χ2n) is 3.86. The standard InChI is InChI=1S/C10H17N9O/c1-4-19(5-2)8-13-7(16-11)14-10(15-8)20-9-12-6-18(3)17-9/h6H,4-5,11H2,1-3H3,(H,13,14,15,16). The minimum atomic E-state index is 0.0843. The van der Waals surface area contributed by atoms with E-state index in [0.29, 0.717) is 5.95 Å². The van der Waals surface area contributed by atoms with Gasteiger partial charge in [-0.25, -0.2) is 5.84 Å². The van der Waals surface area contributed by atoms with Crippen molar-refractivity contribution in [3.63, 3.8) is 0 Å². The maximum Gasteiger partial charge on any atom is 0.343 e. The number of aryl methyl sites for hydroxylation is 1. The summed E-state index contributed by atoms with van der Waals surface area (Å²) >= 11 is 0. The van der Waals surface area contributed by atoms with Gasteiger partial charge in [-0.2, -0.15) is 19.9 Å². The first kappa shape index (κ1) is 13.9. The van der Waals surface area contributed by atoms with Gasteiger partial charge in [0.2, 0.25) is 11.9 Å². The summed E-state index contributed by atoms with van der Waals surface area (Å²) in [6.45, 7) is 5.52. The minimum absolute atomic E-state index is 0.0843. The molecule has 0 aliphatic carbocycles. The molecule has 2 heterocycles. The van der Waals surface area contributed by atoms with Crippen molar-refractivity contribution in [2.75, 3.05) is 23.4 Å². The summed E-state index contributed by atoms with van der Waals surface area (Å²) in [6.07, 6.45) is 1.52. The van der Waals surface area contributed by atoms with Crippen LogP contribution >= 0.6 is 0 Å². The van der Waals surface area contributed by atoms with Gasteiger partial charge < -0.3 is 9.64 Å². The van der Waals surface area contributed by atoms with Crippen LogP contribution in [0.5, 0.6) is 12.0 Å². The second kappa shape index (κ2) is 6.10. The quantitative estimate of drug-likeness (QED) is 0.552. The monoisotopic (exact) mass is 279 g/mol. The van der Waals surface area contributed by atoms with Crippen LogP contribution in [0.3, 0.4) is 0 Å². The van der Waals surface area contributed by atoms with E-state index in [0.717, 1.165) is 13.1 Å². The minimum Gasteiger partial charge on any atom is -0.387 e. The fourth-order valence-electron chi connectivity index (χ4n) is 1.55. The first-order chi connectivity index (χ1) is 9.66. The number of nitrogens with two attached hydrogens (primary N) is 1.